The Kier molecular flexibility index (Phi) is 6.92. The van der Waals surface area contributed by atoms with Crippen molar-refractivity contribution in [3.8, 4) is 28.1 Å². The molecule has 2 N–H and O–H groups in total. The van der Waals surface area contributed by atoms with E-state index in [9.17, 15) is 18.3 Å². The van der Waals surface area contributed by atoms with E-state index in [1.54, 1.807) is 13.8 Å². The van der Waals surface area contributed by atoms with Crippen LogP contribution in [0.1, 0.15) is 30.8 Å². The summed E-state index contributed by atoms with van der Waals surface area (Å²) < 4.78 is 47.2. The van der Waals surface area contributed by atoms with E-state index in [-0.39, 0.29) is 35.4 Å². The van der Waals surface area contributed by atoms with E-state index in [2.05, 4.69) is 9.97 Å². The number of benzene rings is 3. The second-order valence-electron chi connectivity index (χ2n) is 8.85. The summed E-state index contributed by atoms with van der Waals surface area (Å²) in [4.78, 5) is 7.20. The van der Waals surface area contributed by atoms with Gasteiger partial charge in [-0.1, -0.05) is 80.0 Å². The normalized spacial score (nSPS) is 12.1. The Morgan fingerprint density at radius 2 is 1.54 bits per heavy atom. The minimum absolute atomic E-state index is 0.0184. The molecule has 4 aromatic rings. The fraction of sp³-hybridized carbons (Fsp3) is 0.222. The predicted octanol–water partition coefficient (Wildman–Crippen LogP) is 7.26. The average molecular weight is 501 g/mol. The van der Waals surface area contributed by atoms with Crippen LogP contribution in [0.25, 0.3) is 22.4 Å². The van der Waals surface area contributed by atoms with Crippen molar-refractivity contribution in [3.05, 3.63) is 94.9 Å². The summed E-state index contributed by atoms with van der Waals surface area (Å²) in [5.41, 5.74) is 1.53. The number of aliphatic hydroxyl groups excluding tert-OH is 1. The number of halogens is 4. The third kappa shape index (κ3) is 5.52. The minimum atomic E-state index is -4.64. The first-order valence-electron chi connectivity index (χ1n) is 10.9. The lowest BCUT2D eigenvalue weighted by atomic mass is 9.94. The first-order chi connectivity index (χ1) is 16.6. The van der Waals surface area contributed by atoms with Gasteiger partial charge in [-0.15, -0.1) is 0 Å². The number of aromatic nitrogens is 2. The number of H-pyrrole nitrogens is 1. The van der Waals surface area contributed by atoms with Crippen LogP contribution in [0.5, 0.6) is 5.75 Å². The molecule has 0 atom stereocenters. The van der Waals surface area contributed by atoms with E-state index < -0.39 is 17.2 Å². The number of nitrogens with zero attached hydrogens (tertiary/aromatic N) is 1. The molecule has 1 heterocycles. The molecule has 0 unspecified atom stereocenters. The van der Waals surface area contributed by atoms with Crippen LogP contribution in [0.3, 0.4) is 0 Å². The molecule has 0 aliphatic heterocycles. The number of nitrogens with one attached hydrogen (secondary N) is 1. The highest BCUT2D eigenvalue weighted by molar-refractivity contribution is 6.31. The Morgan fingerprint density at radius 1 is 0.914 bits per heavy atom. The number of aliphatic hydroxyl groups is 1. The molecule has 3 aromatic carbocycles. The molecule has 0 radical (unpaired) electrons. The number of hydrogen-bond acceptors (Lipinski definition) is 3. The molecular weight excluding hydrogens is 477 g/mol. The van der Waals surface area contributed by atoms with Gasteiger partial charge in [-0.05, 0) is 34.9 Å². The Morgan fingerprint density at radius 3 is 2.17 bits per heavy atom. The van der Waals surface area contributed by atoms with Gasteiger partial charge in [-0.2, -0.15) is 13.2 Å². The van der Waals surface area contributed by atoms with E-state index in [4.69, 9.17) is 16.3 Å². The maximum absolute atomic E-state index is 13.9. The second kappa shape index (κ2) is 9.76. The zero-order valence-electron chi connectivity index (χ0n) is 19.2. The van der Waals surface area contributed by atoms with Crippen molar-refractivity contribution in [1.29, 1.82) is 0 Å². The summed E-state index contributed by atoms with van der Waals surface area (Å²) in [6, 6.07) is 21.0. The van der Waals surface area contributed by atoms with Gasteiger partial charge in [0.1, 0.15) is 29.0 Å². The maximum Gasteiger partial charge on any atom is 0.419 e. The molecule has 0 saturated heterocycles. The molecule has 0 aliphatic rings. The number of ether oxygens (including phenoxy) is 1. The summed E-state index contributed by atoms with van der Waals surface area (Å²) in [6.07, 6.45) is -4.64. The number of imidazole rings is 1. The van der Waals surface area contributed by atoms with Crippen molar-refractivity contribution in [2.45, 2.75) is 32.0 Å². The van der Waals surface area contributed by atoms with Crippen LogP contribution in [-0.2, 0) is 18.2 Å². The summed E-state index contributed by atoms with van der Waals surface area (Å²) in [5.74, 6) is 0.101. The van der Waals surface area contributed by atoms with Crippen molar-refractivity contribution in [2.75, 3.05) is 6.61 Å². The zero-order valence-corrected chi connectivity index (χ0v) is 19.9. The van der Waals surface area contributed by atoms with Crippen LogP contribution in [0, 0.1) is 0 Å². The van der Waals surface area contributed by atoms with Gasteiger partial charge in [0.15, 0.2) is 0 Å². The van der Waals surface area contributed by atoms with Crippen molar-refractivity contribution in [3.63, 3.8) is 0 Å². The van der Waals surface area contributed by atoms with Gasteiger partial charge in [0.25, 0.3) is 0 Å². The van der Waals surface area contributed by atoms with E-state index >= 15 is 0 Å². The summed E-state index contributed by atoms with van der Waals surface area (Å²) in [5, 5.41) is 9.66. The Bertz CT molecular complexity index is 1300. The third-order valence-corrected chi connectivity index (χ3v) is 5.98. The van der Waals surface area contributed by atoms with E-state index in [1.165, 1.54) is 12.1 Å². The molecule has 0 bridgehead atoms. The van der Waals surface area contributed by atoms with Crippen molar-refractivity contribution >= 4 is 11.6 Å². The maximum atomic E-state index is 13.9. The van der Waals surface area contributed by atoms with Crippen LogP contribution >= 0.6 is 11.6 Å². The largest absolute Gasteiger partial charge is 0.488 e. The van der Waals surface area contributed by atoms with Crippen molar-refractivity contribution in [2.24, 2.45) is 0 Å². The summed E-state index contributed by atoms with van der Waals surface area (Å²) in [7, 11) is 0. The van der Waals surface area contributed by atoms with Gasteiger partial charge < -0.3 is 14.8 Å². The van der Waals surface area contributed by atoms with Gasteiger partial charge in [0, 0.05) is 11.0 Å². The summed E-state index contributed by atoms with van der Waals surface area (Å²) >= 11 is 6.23. The Balaban J connectivity index is 1.58. The van der Waals surface area contributed by atoms with E-state index in [0.717, 1.165) is 22.8 Å². The molecular formula is C27H24ClF3N2O2. The number of hydrogen-bond donors (Lipinski definition) is 2. The molecule has 0 fully saturated rings. The van der Waals surface area contributed by atoms with Crippen LogP contribution in [-0.4, -0.2) is 21.7 Å². The standard InChI is InChI=1S/C27H24ClF3N2O2/c1-26(2,16-34)25-32-23(24(28)33-25)20-12-13-22(21(14-20)27(29,30)31)35-15-17-8-10-19(11-9-17)18-6-4-3-5-7-18/h3-14,34H,15-16H2,1-2H3,(H,32,33). The van der Waals surface area contributed by atoms with Crippen LogP contribution in [0.15, 0.2) is 72.8 Å². The van der Waals surface area contributed by atoms with Crippen LogP contribution in [0.4, 0.5) is 13.2 Å². The first-order valence-corrected chi connectivity index (χ1v) is 11.3. The highest BCUT2D eigenvalue weighted by Crippen LogP contribution is 2.40. The molecule has 35 heavy (non-hydrogen) atoms. The highest BCUT2D eigenvalue weighted by atomic mass is 35.5. The fourth-order valence-electron chi connectivity index (χ4n) is 3.55. The molecule has 4 rings (SSSR count). The lowest BCUT2D eigenvalue weighted by Gasteiger charge is -2.18. The molecule has 8 heteroatoms. The Labute approximate surface area is 206 Å². The smallest absolute Gasteiger partial charge is 0.419 e. The zero-order chi connectivity index (χ0) is 25.2. The lowest BCUT2D eigenvalue weighted by Crippen LogP contribution is -2.23. The van der Waals surface area contributed by atoms with Gasteiger partial charge >= 0.3 is 6.18 Å². The number of aromatic amines is 1. The molecule has 0 spiro atoms. The molecule has 182 valence electrons. The quantitative estimate of drug-likeness (QED) is 0.280. The average Bonchev–Trinajstić information content (AvgIpc) is 3.25. The van der Waals surface area contributed by atoms with Gasteiger partial charge in [-0.25, -0.2) is 4.98 Å². The third-order valence-electron chi connectivity index (χ3n) is 5.71. The monoisotopic (exact) mass is 500 g/mol. The van der Waals surface area contributed by atoms with Crippen molar-refractivity contribution in [1.82, 2.24) is 9.97 Å². The SMILES string of the molecule is CC(C)(CO)c1nc(-c2ccc(OCc3ccc(-c4ccccc4)cc3)c(C(F)(F)F)c2)c(Cl)[nH]1. The fourth-order valence-corrected chi connectivity index (χ4v) is 3.79. The topological polar surface area (TPSA) is 58.1 Å². The van der Waals surface area contributed by atoms with Crippen LogP contribution in [0.2, 0.25) is 5.15 Å². The number of rotatable bonds is 7. The molecule has 0 saturated carbocycles. The second-order valence-corrected chi connectivity index (χ2v) is 9.23. The predicted molar refractivity (Wildman–Crippen MR) is 130 cm³/mol. The van der Waals surface area contributed by atoms with Gasteiger partial charge in [-0.3, -0.25) is 0 Å². The number of alkyl halides is 3. The Hall–Kier alpha value is -3.29. The highest BCUT2D eigenvalue weighted by Gasteiger charge is 2.35. The minimum Gasteiger partial charge on any atom is -0.488 e. The van der Waals surface area contributed by atoms with Gasteiger partial charge in [0.2, 0.25) is 0 Å². The molecule has 0 amide bonds. The molecule has 0 aliphatic carbocycles. The summed E-state index contributed by atoms with van der Waals surface area (Å²) in [6.45, 7) is 3.27. The van der Waals surface area contributed by atoms with Crippen LogP contribution < -0.4 is 4.74 Å². The van der Waals surface area contributed by atoms with E-state index in [1.807, 2.05) is 54.6 Å². The van der Waals surface area contributed by atoms with Crippen molar-refractivity contribution < 1.29 is 23.0 Å². The van der Waals surface area contributed by atoms with E-state index in [0.29, 0.717) is 5.82 Å². The molecule has 1 aromatic heterocycles. The first kappa shape index (κ1) is 24.8. The lowest BCUT2D eigenvalue weighted by molar-refractivity contribution is -0.139. The van der Waals surface area contributed by atoms with Gasteiger partial charge in [0.05, 0.1) is 12.2 Å². The molecule has 4 nitrogen and oxygen atoms in total.